The number of benzene rings is 2. The summed E-state index contributed by atoms with van der Waals surface area (Å²) in [6, 6.07) is 15.6. The Morgan fingerprint density at radius 1 is 1.11 bits per heavy atom. The van der Waals surface area contributed by atoms with Gasteiger partial charge in [-0.1, -0.05) is 30.3 Å². The van der Waals surface area contributed by atoms with Gasteiger partial charge in [0.05, 0.1) is 7.11 Å². The van der Waals surface area contributed by atoms with Crippen LogP contribution in [0.3, 0.4) is 0 Å². The number of hydrogen-bond donors (Lipinski definition) is 0. The molecule has 18 heavy (non-hydrogen) atoms. The van der Waals surface area contributed by atoms with E-state index in [1.165, 1.54) is 5.56 Å². The predicted octanol–water partition coefficient (Wildman–Crippen LogP) is 3.80. The molecule has 0 N–H and O–H groups in total. The van der Waals surface area contributed by atoms with Crippen molar-refractivity contribution >= 4 is 18.0 Å². The Labute approximate surface area is 111 Å². The molecule has 0 aromatic heterocycles. The zero-order chi connectivity index (χ0) is 12.8. The average Bonchev–Trinajstić information content (AvgIpc) is 2.46. The van der Waals surface area contributed by atoms with Gasteiger partial charge in [-0.25, -0.2) is 0 Å². The lowest BCUT2D eigenvalue weighted by atomic mass is 10.2. The van der Waals surface area contributed by atoms with Gasteiger partial charge in [0, 0.05) is 16.2 Å². The van der Waals surface area contributed by atoms with E-state index in [-0.39, 0.29) is 0 Å². The molecule has 0 amide bonds. The number of aldehydes is 1. The first-order valence-corrected chi connectivity index (χ1v) is 6.62. The van der Waals surface area contributed by atoms with Gasteiger partial charge in [-0.3, -0.25) is 4.79 Å². The van der Waals surface area contributed by atoms with E-state index in [9.17, 15) is 4.79 Å². The molecule has 3 heteroatoms. The number of methoxy groups -OCH3 is 1. The molecule has 92 valence electrons. The summed E-state index contributed by atoms with van der Waals surface area (Å²) in [5, 5.41) is 0. The summed E-state index contributed by atoms with van der Waals surface area (Å²) in [6.45, 7) is 0. The fraction of sp³-hybridized carbons (Fsp3) is 0.133. The van der Waals surface area contributed by atoms with Crippen LogP contribution in [0.5, 0.6) is 5.75 Å². The topological polar surface area (TPSA) is 26.3 Å². The van der Waals surface area contributed by atoms with E-state index in [0.29, 0.717) is 0 Å². The quantitative estimate of drug-likeness (QED) is 0.602. The molecule has 0 heterocycles. The lowest BCUT2D eigenvalue weighted by Crippen LogP contribution is -1.87. The number of carbonyl (C=O) groups excluding carboxylic acids is 1. The molecule has 0 atom stereocenters. The van der Waals surface area contributed by atoms with Crippen LogP contribution in [0.4, 0.5) is 0 Å². The van der Waals surface area contributed by atoms with Crippen LogP contribution in [0.2, 0.25) is 0 Å². The van der Waals surface area contributed by atoms with Gasteiger partial charge in [-0.05, 0) is 23.8 Å². The highest BCUT2D eigenvalue weighted by molar-refractivity contribution is 7.98. The molecule has 0 saturated carbocycles. The summed E-state index contributed by atoms with van der Waals surface area (Å²) in [4.78, 5) is 11.9. The highest BCUT2D eigenvalue weighted by Crippen LogP contribution is 2.26. The molecule has 2 aromatic rings. The Kier molecular flexibility index (Phi) is 4.42. The standard InChI is InChI=1S/C15H14O2S/c1-17-14-8-6-12(7-9-14)11-18-15-5-3-2-4-13(15)10-16/h2-10H,11H2,1H3. The summed E-state index contributed by atoms with van der Waals surface area (Å²) in [5.74, 6) is 1.70. The van der Waals surface area contributed by atoms with Crippen LogP contribution in [-0.4, -0.2) is 13.4 Å². The van der Waals surface area contributed by atoms with Crippen LogP contribution < -0.4 is 4.74 Å². The van der Waals surface area contributed by atoms with Gasteiger partial charge < -0.3 is 4.74 Å². The van der Waals surface area contributed by atoms with Crippen molar-refractivity contribution in [2.45, 2.75) is 10.6 Å². The Morgan fingerprint density at radius 2 is 1.83 bits per heavy atom. The average molecular weight is 258 g/mol. The fourth-order valence-corrected chi connectivity index (χ4v) is 2.56. The minimum atomic E-state index is 0.746. The lowest BCUT2D eigenvalue weighted by Gasteiger charge is -2.05. The number of carbonyl (C=O) groups is 1. The van der Waals surface area contributed by atoms with Crippen molar-refractivity contribution in [2.75, 3.05) is 7.11 Å². The molecule has 2 aromatic carbocycles. The largest absolute Gasteiger partial charge is 0.497 e. The smallest absolute Gasteiger partial charge is 0.151 e. The van der Waals surface area contributed by atoms with Gasteiger partial charge in [0.2, 0.25) is 0 Å². The molecule has 2 rings (SSSR count). The van der Waals surface area contributed by atoms with Crippen LogP contribution in [-0.2, 0) is 5.75 Å². The summed E-state index contributed by atoms with van der Waals surface area (Å²) in [7, 11) is 1.66. The molecule has 0 aliphatic heterocycles. The molecule has 0 unspecified atom stereocenters. The minimum Gasteiger partial charge on any atom is -0.497 e. The molecule has 0 saturated heterocycles. The number of thioether (sulfide) groups is 1. The third-order valence-corrected chi connectivity index (χ3v) is 3.76. The van der Waals surface area contributed by atoms with E-state index in [1.54, 1.807) is 18.9 Å². The zero-order valence-corrected chi connectivity index (χ0v) is 10.9. The number of hydrogen-bond acceptors (Lipinski definition) is 3. The van der Waals surface area contributed by atoms with Crippen molar-refractivity contribution in [1.29, 1.82) is 0 Å². The Hall–Kier alpha value is -1.74. The van der Waals surface area contributed by atoms with E-state index in [4.69, 9.17) is 4.74 Å². The first kappa shape index (κ1) is 12.7. The number of ether oxygens (including phenoxy) is 1. The van der Waals surface area contributed by atoms with Gasteiger partial charge in [-0.2, -0.15) is 0 Å². The summed E-state index contributed by atoms with van der Waals surface area (Å²) < 4.78 is 5.12. The second-order valence-electron chi connectivity index (χ2n) is 3.79. The maximum Gasteiger partial charge on any atom is 0.151 e. The van der Waals surface area contributed by atoms with Crippen molar-refractivity contribution in [2.24, 2.45) is 0 Å². The van der Waals surface area contributed by atoms with Gasteiger partial charge in [0.25, 0.3) is 0 Å². The van der Waals surface area contributed by atoms with E-state index in [2.05, 4.69) is 0 Å². The van der Waals surface area contributed by atoms with Gasteiger partial charge in [0.15, 0.2) is 6.29 Å². The van der Waals surface area contributed by atoms with Gasteiger partial charge in [0.1, 0.15) is 5.75 Å². The molecule has 2 nitrogen and oxygen atoms in total. The van der Waals surface area contributed by atoms with E-state index >= 15 is 0 Å². The molecular weight excluding hydrogens is 244 g/mol. The molecule has 0 bridgehead atoms. The van der Waals surface area contributed by atoms with Crippen molar-refractivity contribution in [3.05, 3.63) is 59.7 Å². The molecular formula is C15H14O2S. The van der Waals surface area contributed by atoms with Crippen LogP contribution in [0.25, 0.3) is 0 Å². The SMILES string of the molecule is COc1ccc(CSc2ccccc2C=O)cc1. The molecule has 0 radical (unpaired) electrons. The monoisotopic (exact) mass is 258 g/mol. The molecule has 0 aliphatic carbocycles. The third kappa shape index (κ3) is 3.14. The summed E-state index contributed by atoms with van der Waals surface area (Å²) >= 11 is 1.67. The zero-order valence-electron chi connectivity index (χ0n) is 10.1. The highest BCUT2D eigenvalue weighted by atomic mass is 32.2. The summed E-state index contributed by atoms with van der Waals surface area (Å²) in [5.41, 5.74) is 1.96. The second kappa shape index (κ2) is 6.26. The van der Waals surface area contributed by atoms with Gasteiger partial charge >= 0.3 is 0 Å². The molecule has 0 fully saturated rings. The van der Waals surface area contributed by atoms with Crippen molar-refractivity contribution in [1.82, 2.24) is 0 Å². The minimum absolute atomic E-state index is 0.746. The maximum atomic E-state index is 10.9. The van der Waals surface area contributed by atoms with Crippen LogP contribution in [0, 0.1) is 0 Å². The van der Waals surface area contributed by atoms with Crippen LogP contribution in [0.15, 0.2) is 53.4 Å². The fourth-order valence-electron chi connectivity index (χ4n) is 1.59. The molecule has 0 spiro atoms. The normalized spacial score (nSPS) is 10.1. The van der Waals surface area contributed by atoms with E-state index in [1.807, 2.05) is 48.5 Å². The highest BCUT2D eigenvalue weighted by Gasteiger charge is 2.02. The van der Waals surface area contributed by atoms with Crippen molar-refractivity contribution in [3.63, 3.8) is 0 Å². The van der Waals surface area contributed by atoms with E-state index < -0.39 is 0 Å². The van der Waals surface area contributed by atoms with Crippen molar-refractivity contribution in [3.8, 4) is 5.75 Å². The lowest BCUT2D eigenvalue weighted by molar-refractivity contribution is 0.112. The van der Waals surface area contributed by atoms with E-state index in [0.717, 1.165) is 28.2 Å². The summed E-state index contributed by atoms with van der Waals surface area (Å²) in [6.07, 6.45) is 0.899. The Balaban J connectivity index is 2.04. The number of rotatable bonds is 5. The van der Waals surface area contributed by atoms with Crippen LogP contribution in [0.1, 0.15) is 15.9 Å². The Morgan fingerprint density at radius 3 is 2.50 bits per heavy atom. The van der Waals surface area contributed by atoms with Crippen molar-refractivity contribution < 1.29 is 9.53 Å². The first-order chi connectivity index (χ1) is 8.83. The second-order valence-corrected chi connectivity index (χ2v) is 4.81. The molecule has 0 aliphatic rings. The predicted molar refractivity (Wildman–Crippen MR) is 74.4 cm³/mol. The first-order valence-electron chi connectivity index (χ1n) is 5.63. The van der Waals surface area contributed by atoms with Gasteiger partial charge in [-0.15, -0.1) is 11.8 Å². The maximum absolute atomic E-state index is 10.9. The third-order valence-electron chi connectivity index (χ3n) is 2.60. The van der Waals surface area contributed by atoms with Crippen LogP contribution >= 0.6 is 11.8 Å². The Bertz CT molecular complexity index is 520.